The van der Waals surface area contributed by atoms with Crippen LogP contribution in [0.4, 0.5) is 0 Å². The smallest absolute Gasteiger partial charge is 0.0713 e. The van der Waals surface area contributed by atoms with Gasteiger partial charge in [-0.05, 0) is 84.9 Å². The van der Waals surface area contributed by atoms with Crippen molar-refractivity contribution in [3.05, 3.63) is 87.6 Å². The Bertz CT molecular complexity index is 1070. The second kappa shape index (κ2) is 10.2. The van der Waals surface area contributed by atoms with Crippen LogP contribution in [0.15, 0.2) is 48.5 Å². The lowest BCUT2D eigenvalue weighted by atomic mass is 9.87. The highest BCUT2D eigenvalue weighted by Crippen LogP contribution is 2.37. The molecule has 0 saturated heterocycles. The van der Waals surface area contributed by atoms with Crippen LogP contribution in [-0.4, -0.2) is 16.4 Å². The van der Waals surface area contributed by atoms with E-state index in [1.54, 1.807) is 0 Å². The number of fused-ring (bicyclic) bond motifs is 1. The van der Waals surface area contributed by atoms with E-state index in [0.29, 0.717) is 12.0 Å². The topological polar surface area (TPSA) is 16.1 Å². The molecule has 0 aliphatic carbocycles. The molecule has 0 fully saturated rings. The van der Waals surface area contributed by atoms with Gasteiger partial charge in [0.2, 0.25) is 0 Å². The molecule has 2 heterocycles. The van der Waals surface area contributed by atoms with E-state index >= 15 is 0 Å². The normalized spacial score (nSPS) is 16.3. The van der Waals surface area contributed by atoms with Gasteiger partial charge in [0.25, 0.3) is 0 Å². The third kappa shape index (κ3) is 4.92. The molecule has 0 amide bonds. The van der Waals surface area contributed by atoms with Crippen LogP contribution in [0.1, 0.15) is 79.2 Å². The molecule has 4 rings (SSSR count). The maximum Gasteiger partial charge on any atom is 0.0713 e. The third-order valence-electron chi connectivity index (χ3n) is 7.39. The lowest BCUT2D eigenvalue weighted by Crippen LogP contribution is -2.36. The first-order valence-electron chi connectivity index (χ1n) is 12.8. The van der Waals surface area contributed by atoms with Crippen LogP contribution >= 0.6 is 0 Å². The Morgan fingerprint density at radius 2 is 1.67 bits per heavy atom. The summed E-state index contributed by atoms with van der Waals surface area (Å²) in [6, 6.07) is 18.6. The summed E-state index contributed by atoms with van der Waals surface area (Å²) in [6.07, 6.45) is 4.41. The fourth-order valence-corrected chi connectivity index (χ4v) is 5.62. The van der Waals surface area contributed by atoms with Crippen molar-refractivity contribution in [1.29, 1.82) is 0 Å². The Morgan fingerprint density at radius 3 is 2.30 bits per heavy atom. The summed E-state index contributed by atoms with van der Waals surface area (Å²) in [5.74, 6) is 0.671. The van der Waals surface area contributed by atoms with Crippen molar-refractivity contribution in [3.8, 4) is 11.3 Å². The molecule has 1 aliphatic rings. The Labute approximate surface area is 201 Å². The predicted molar refractivity (Wildman–Crippen MR) is 141 cm³/mol. The van der Waals surface area contributed by atoms with Crippen molar-refractivity contribution in [1.82, 2.24) is 9.88 Å². The zero-order chi connectivity index (χ0) is 23.5. The Kier molecular flexibility index (Phi) is 7.34. The number of hydrogen-bond donors (Lipinski definition) is 0. The van der Waals surface area contributed by atoms with Gasteiger partial charge in [-0.2, -0.15) is 0 Å². The number of aromatic nitrogens is 1. The molecular weight excluding hydrogens is 400 g/mol. The number of aryl methyl sites for hydroxylation is 4. The van der Waals surface area contributed by atoms with Crippen molar-refractivity contribution in [2.24, 2.45) is 5.92 Å². The van der Waals surface area contributed by atoms with Crippen molar-refractivity contribution in [2.45, 2.75) is 79.8 Å². The van der Waals surface area contributed by atoms with E-state index in [-0.39, 0.29) is 0 Å². The van der Waals surface area contributed by atoms with Gasteiger partial charge in [0.15, 0.2) is 0 Å². The molecule has 0 saturated carbocycles. The van der Waals surface area contributed by atoms with Crippen molar-refractivity contribution >= 4 is 0 Å². The summed E-state index contributed by atoms with van der Waals surface area (Å²) in [5.41, 5.74) is 12.3. The maximum absolute atomic E-state index is 5.19. The van der Waals surface area contributed by atoms with E-state index in [1.165, 1.54) is 51.1 Å². The fourth-order valence-electron chi connectivity index (χ4n) is 5.62. The van der Waals surface area contributed by atoms with Gasteiger partial charge >= 0.3 is 0 Å². The molecule has 174 valence electrons. The minimum atomic E-state index is 0.487. The van der Waals surface area contributed by atoms with Gasteiger partial charge in [-0.15, -0.1) is 0 Å². The second-order valence-corrected chi connectivity index (χ2v) is 10.1. The van der Waals surface area contributed by atoms with Gasteiger partial charge in [-0.1, -0.05) is 70.2 Å². The van der Waals surface area contributed by atoms with Crippen LogP contribution in [0.2, 0.25) is 0 Å². The molecule has 0 spiro atoms. The van der Waals surface area contributed by atoms with E-state index < -0.39 is 0 Å². The molecule has 2 nitrogen and oxygen atoms in total. The highest BCUT2D eigenvalue weighted by atomic mass is 15.2. The molecule has 2 heteroatoms. The van der Waals surface area contributed by atoms with Crippen molar-refractivity contribution in [3.63, 3.8) is 0 Å². The number of pyridine rings is 1. The Morgan fingerprint density at radius 1 is 0.970 bits per heavy atom. The zero-order valence-corrected chi connectivity index (χ0v) is 21.4. The lowest BCUT2D eigenvalue weighted by Gasteiger charge is -2.39. The van der Waals surface area contributed by atoms with Gasteiger partial charge in [-0.25, -0.2) is 0 Å². The molecular formula is C31H40N2. The first-order chi connectivity index (χ1) is 15.9. The molecule has 0 radical (unpaired) electrons. The molecule has 2 aromatic carbocycles. The Hall–Kier alpha value is -2.45. The summed E-state index contributed by atoms with van der Waals surface area (Å²) in [7, 11) is 0. The first kappa shape index (κ1) is 23.7. The maximum atomic E-state index is 5.19. The highest BCUT2D eigenvalue weighted by molar-refractivity contribution is 5.69. The standard InChI is InChI=1S/C31H40N2/c1-7-24-13-11-14-25(8-2)31(24)29-19-22(5)28(23(6)32-29)20-33-17-16-26-12-9-10-15-27(26)30(33)18-21(3)4/h9-15,19,21,30H,7-8,16-18,20H2,1-6H3. The van der Waals surface area contributed by atoms with Crippen LogP contribution in [0.3, 0.4) is 0 Å². The number of rotatable bonds is 7. The molecule has 0 bridgehead atoms. The largest absolute Gasteiger partial charge is 0.292 e. The van der Waals surface area contributed by atoms with E-state index in [0.717, 1.165) is 38.0 Å². The quantitative estimate of drug-likeness (QED) is 0.375. The van der Waals surface area contributed by atoms with Crippen LogP contribution in [0, 0.1) is 19.8 Å². The first-order valence-corrected chi connectivity index (χ1v) is 12.8. The van der Waals surface area contributed by atoms with Crippen LogP contribution < -0.4 is 0 Å². The van der Waals surface area contributed by atoms with Gasteiger partial charge in [0.1, 0.15) is 0 Å². The van der Waals surface area contributed by atoms with Crippen molar-refractivity contribution < 1.29 is 0 Å². The number of benzene rings is 2. The van der Waals surface area contributed by atoms with Gasteiger partial charge in [0, 0.05) is 30.4 Å². The average molecular weight is 441 g/mol. The molecule has 3 aromatic rings. The predicted octanol–water partition coefficient (Wildman–Crippen LogP) is 7.64. The summed E-state index contributed by atoms with van der Waals surface area (Å²) in [5, 5.41) is 0. The highest BCUT2D eigenvalue weighted by Gasteiger charge is 2.28. The summed E-state index contributed by atoms with van der Waals surface area (Å²) >= 11 is 0. The van der Waals surface area contributed by atoms with Crippen LogP contribution in [-0.2, 0) is 25.8 Å². The van der Waals surface area contributed by atoms with E-state index in [4.69, 9.17) is 4.98 Å². The van der Waals surface area contributed by atoms with Gasteiger partial charge < -0.3 is 0 Å². The number of nitrogens with zero attached hydrogens (tertiary/aromatic N) is 2. The fraction of sp³-hybridized carbons (Fsp3) is 0.452. The van der Waals surface area contributed by atoms with E-state index in [2.05, 4.69) is 95.0 Å². The molecule has 1 aromatic heterocycles. The summed E-state index contributed by atoms with van der Waals surface area (Å²) < 4.78 is 0. The Balaban J connectivity index is 1.69. The van der Waals surface area contributed by atoms with Gasteiger partial charge in [0.05, 0.1) is 5.69 Å². The van der Waals surface area contributed by atoms with E-state index in [1.807, 2.05) is 0 Å². The van der Waals surface area contributed by atoms with Crippen LogP contribution in [0.5, 0.6) is 0 Å². The summed E-state index contributed by atoms with van der Waals surface area (Å²) in [6.45, 7) is 15.8. The monoisotopic (exact) mass is 440 g/mol. The molecule has 1 aliphatic heterocycles. The SMILES string of the molecule is CCc1cccc(CC)c1-c1cc(C)c(CN2CCc3ccccc3C2CC(C)C)c(C)n1. The zero-order valence-electron chi connectivity index (χ0n) is 21.4. The molecule has 1 atom stereocenters. The minimum absolute atomic E-state index is 0.487. The average Bonchev–Trinajstić information content (AvgIpc) is 2.81. The lowest BCUT2D eigenvalue weighted by molar-refractivity contribution is 0.153. The molecule has 1 unspecified atom stereocenters. The number of hydrogen-bond acceptors (Lipinski definition) is 2. The van der Waals surface area contributed by atoms with E-state index in [9.17, 15) is 0 Å². The minimum Gasteiger partial charge on any atom is -0.292 e. The third-order valence-corrected chi connectivity index (χ3v) is 7.39. The van der Waals surface area contributed by atoms with Crippen LogP contribution in [0.25, 0.3) is 11.3 Å². The molecule has 33 heavy (non-hydrogen) atoms. The molecule has 0 N–H and O–H groups in total. The summed E-state index contributed by atoms with van der Waals surface area (Å²) in [4.78, 5) is 7.90. The second-order valence-electron chi connectivity index (χ2n) is 10.1. The van der Waals surface area contributed by atoms with Crippen molar-refractivity contribution in [2.75, 3.05) is 6.54 Å². The van der Waals surface area contributed by atoms with Gasteiger partial charge in [-0.3, -0.25) is 9.88 Å².